The molecule has 0 unspecified atom stereocenters. The first-order valence-corrected chi connectivity index (χ1v) is 8.81. The molecule has 1 amide bonds. The second kappa shape index (κ2) is 7.82. The summed E-state index contributed by atoms with van der Waals surface area (Å²) < 4.78 is 2.73. The lowest BCUT2D eigenvalue weighted by Gasteiger charge is -2.06. The first-order chi connectivity index (χ1) is 12.9. The fraction of sp³-hybridized carbons (Fsp3) is 0.222. The van der Waals surface area contributed by atoms with E-state index in [0.29, 0.717) is 21.2 Å². The number of hydrogen-bond acceptors (Lipinski definition) is 4. The van der Waals surface area contributed by atoms with Gasteiger partial charge in [0.05, 0.1) is 18.0 Å². The molecule has 0 aliphatic heterocycles. The normalized spacial score (nSPS) is 10.7. The van der Waals surface area contributed by atoms with E-state index in [-0.39, 0.29) is 31.1 Å². The zero-order valence-electron chi connectivity index (χ0n) is 14.4. The molecule has 0 bridgehead atoms. The molecular formula is C18H15Cl2N5O2. The number of nitriles is 1. The van der Waals surface area contributed by atoms with Crippen LogP contribution in [0.25, 0.3) is 22.3 Å². The number of carbonyl (C=O) groups excluding carboxylic acids is 1. The predicted molar refractivity (Wildman–Crippen MR) is 104 cm³/mol. The number of benzene rings is 1. The predicted octanol–water partition coefficient (Wildman–Crippen LogP) is 2.74. The molecule has 0 aliphatic rings. The maximum absolute atomic E-state index is 12.5. The Morgan fingerprint density at radius 2 is 1.93 bits per heavy atom. The highest BCUT2D eigenvalue weighted by molar-refractivity contribution is 6.35. The minimum absolute atomic E-state index is 0.170. The lowest BCUT2D eigenvalue weighted by molar-refractivity contribution is -0.121. The summed E-state index contributed by atoms with van der Waals surface area (Å²) in [5.74, 6) is -0.354. The van der Waals surface area contributed by atoms with Crippen molar-refractivity contribution >= 4 is 40.3 Å². The summed E-state index contributed by atoms with van der Waals surface area (Å²) in [5.41, 5.74) is 2.15. The van der Waals surface area contributed by atoms with Gasteiger partial charge in [-0.15, -0.1) is 0 Å². The second-order valence-electron chi connectivity index (χ2n) is 5.91. The molecule has 1 N–H and O–H groups in total. The van der Waals surface area contributed by atoms with E-state index in [0.717, 1.165) is 11.1 Å². The molecule has 1 aromatic carbocycles. The number of nitrogens with one attached hydrogen (secondary N) is 1. The van der Waals surface area contributed by atoms with Crippen molar-refractivity contribution in [3.63, 3.8) is 0 Å². The molecule has 2 heterocycles. The third-order valence-corrected chi connectivity index (χ3v) is 4.48. The molecule has 0 atom stereocenters. The van der Waals surface area contributed by atoms with E-state index in [4.69, 9.17) is 28.5 Å². The van der Waals surface area contributed by atoms with Gasteiger partial charge in [0.25, 0.3) is 0 Å². The number of aromatic nitrogens is 3. The van der Waals surface area contributed by atoms with Crippen LogP contribution in [0.5, 0.6) is 0 Å². The Morgan fingerprint density at radius 1 is 1.22 bits per heavy atom. The van der Waals surface area contributed by atoms with E-state index in [9.17, 15) is 9.59 Å². The van der Waals surface area contributed by atoms with Gasteiger partial charge >= 0.3 is 5.69 Å². The minimum Gasteiger partial charge on any atom is -0.354 e. The number of nitrogens with zero attached hydrogens (tertiary/aromatic N) is 4. The van der Waals surface area contributed by atoms with E-state index in [1.165, 1.54) is 9.13 Å². The molecular weight excluding hydrogens is 389 g/mol. The van der Waals surface area contributed by atoms with Crippen LogP contribution in [-0.2, 0) is 18.4 Å². The van der Waals surface area contributed by atoms with Crippen molar-refractivity contribution < 1.29 is 4.79 Å². The van der Waals surface area contributed by atoms with Gasteiger partial charge in [-0.3, -0.25) is 13.9 Å². The standard InChI is InChI=1S/C18H15Cl2N5O2/c1-24-15-7-12(11-5-13(19)8-14(20)6-11)9-23-17(15)25(18(24)27)10-16(26)22-4-2-3-21/h5-9H,2,4,10H2,1H3,(H,22,26). The van der Waals surface area contributed by atoms with Crippen LogP contribution in [0.15, 0.2) is 35.3 Å². The van der Waals surface area contributed by atoms with Gasteiger partial charge in [0.2, 0.25) is 5.91 Å². The van der Waals surface area contributed by atoms with Gasteiger partial charge < -0.3 is 5.32 Å². The van der Waals surface area contributed by atoms with Crippen molar-refractivity contribution in [3.05, 3.63) is 51.0 Å². The van der Waals surface area contributed by atoms with Crippen molar-refractivity contribution in [2.75, 3.05) is 6.54 Å². The van der Waals surface area contributed by atoms with Crippen molar-refractivity contribution in [1.29, 1.82) is 5.26 Å². The van der Waals surface area contributed by atoms with Crippen LogP contribution in [0.3, 0.4) is 0 Å². The number of pyridine rings is 1. The van der Waals surface area contributed by atoms with Crippen molar-refractivity contribution in [3.8, 4) is 17.2 Å². The van der Waals surface area contributed by atoms with Gasteiger partial charge in [0, 0.05) is 35.4 Å². The Bertz CT molecular complexity index is 1110. The van der Waals surface area contributed by atoms with Gasteiger partial charge in [0.1, 0.15) is 6.54 Å². The number of aryl methyl sites for hydroxylation is 1. The summed E-state index contributed by atoms with van der Waals surface area (Å²) >= 11 is 12.1. The van der Waals surface area contributed by atoms with Crippen LogP contribution in [0.1, 0.15) is 6.42 Å². The topological polar surface area (TPSA) is 92.7 Å². The summed E-state index contributed by atoms with van der Waals surface area (Å²) in [7, 11) is 1.62. The van der Waals surface area contributed by atoms with Crippen molar-refractivity contribution in [2.24, 2.45) is 7.05 Å². The number of carbonyl (C=O) groups is 1. The summed E-state index contributed by atoms with van der Waals surface area (Å²) in [6, 6.07) is 8.90. The Hall–Kier alpha value is -2.82. The Morgan fingerprint density at radius 3 is 2.59 bits per heavy atom. The van der Waals surface area contributed by atoms with E-state index in [1.54, 1.807) is 37.5 Å². The molecule has 0 aliphatic carbocycles. The molecule has 0 saturated heterocycles. The highest BCUT2D eigenvalue weighted by Gasteiger charge is 2.16. The summed E-state index contributed by atoms with van der Waals surface area (Å²) in [5, 5.41) is 12.1. The van der Waals surface area contributed by atoms with E-state index in [1.807, 2.05) is 6.07 Å². The molecule has 2 aromatic heterocycles. The minimum atomic E-state index is -0.354. The smallest absolute Gasteiger partial charge is 0.330 e. The molecule has 9 heteroatoms. The number of halogens is 2. The first kappa shape index (κ1) is 19.0. The zero-order valence-corrected chi connectivity index (χ0v) is 15.9. The largest absolute Gasteiger partial charge is 0.354 e. The highest BCUT2D eigenvalue weighted by Crippen LogP contribution is 2.28. The van der Waals surface area contributed by atoms with Crippen molar-refractivity contribution in [1.82, 2.24) is 19.4 Å². The van der Waals surface area contributed by atoms with Gasteiger partial charge in [-0.05, 0) is 29.8 Å². The maximum Gasteiger partial charge on any atom is 0.330 e. The summed E-state index contributed by atoms with van der Waals surface area (Å²) in [6.45, 7) is 0.0683. The third-order valence-electron chi connectivity index (χ3n) is 4.04. The van der Waals surface area contributed by atoms with Gasteiger partial charge in [-0.25, -0.2) is 9.78 Å². The Kier molecular flexibility index (Phi) is 5.49. The molecule has 0 saturated carbocycles. The van der Waals surface area contributed by atoms with Crippen LogP contribution in [0.4, 0.5) is 0 Å². The van der Waals surface area contributed by atoms with E-state index >= 15 is 0 Å². The number of amides is 1. The number of rotatable bonds is 5. The third kappa shape index (κ3) is 3.97. The van der Waals surface area contributed by atoms with Crippen LogP contribution in [0.2, 0.25) is 10.0 Å². The maximum atomic E-state index is 12.5. The van der Waals surface area contributed by atoms with Crippen LogP contribution >= 0.6 is 23.2 Å². The lowest BCUT2D eigenvalue weighted by Crippen LogP contribution is -2.33. The van der Waals surface area contributed by atoms with E-state index in [2.05, 4.69) is 10.3 Å². The first-order valence-electron chi connectivity index (χ1n) is 8.06. The van der Waals surface area contributed by atoms with Gasteiger partial charge in [0.15, 0.2) is 5.65 Å². The molecule has 3 rings (SSSR count). The Balaban J connectivity index is 1.99. The monoisotopic (exact) mass is 403 g/mol. The fourth-order valence-corrected chi connectivity index (χ4v) is 3.28. The Labute approximate surface area is 164 Å². The molecule has 7 nitrogen and oxygen atoms in total. The second-order valence-corrected chi connectivity index (χ2v) is 6.78. The van der Waals surface area contributed by atoms with Crippen molar-refractivity contribution in [2.45, 2.75) is 13.0 Å². The average molecular weight is 404 g/mol. The number of hydrogen-bond donors (Lipinski definition) is 1. The van der Waals surface area contributed by atoms with Gasteiger partial charge in [-0.1, -0.05) is 23.2 Å². The molecule has 138 valence electrons. The number of fused-ring (bicyclic) bond motifs is 1. The highest BCUT2D eigenvalue weighted by atomic mass is 35.5. The average Bonchev–Trinajstić information content (AvgIpc) is 2.86. The summed E-state index contributed by atoms with van der Waals surface area (Å²) in [4.78, 5) is 28.9. The van der Waals surface area contributed by atoms with E-state index < -0.39 is 0 Å². The SMILES string of the molecule is Cn1c(=O)n(CC(=O)NCCC#N)c2ncc(-c3cc(Cl)cc(Cl)c3)cc21. The van der Waals surface area contributed by atoms with Gasteiger partial charge in [-0.2, -0.15) is 5.26 Å². The fourth-order valence-electron chi connectivity index (χ4n) is 2.75. The quantitative estimate of drug-likeness (QED) is 0.662. The lowest BCUT2D eigenvalue weighted by atomic mass is 10.1. The molecule has 27 heavy (non-hydrogen) atoms. The summed E-state index contributed by atoms with van der Waals surface area (Å²) in [6.07, 6.45) is 1.81. The van der Waals surface area contributed by atoms with Crippen LogP contribution in [0, 0.1) is 11.3 Å². The molecule has 0 radical (unpaired) electrons. The van der Waals surface area contributed by atoms with Crippen LogP contribution < -0.4 is 11.0 Å². The molecule has 0 spiro atoms. The molecule has 3 aromatic rings. The number of imidazole rings is 1. The molecule has 0 fully saturated rings. The van der Waals surface area contributed by atoms with Crippen LogP contribution in [-0.4, -0.2) is 26.6 Å². The zero-order chi connectivity index (χ0) is 19.6.